The highest BCUT2D eigenvalue weighted by molar-refractivity contribution is 6.39. The SMILES string of the molecule is O=C1[C@@H]2[C@@H](C(=O)N1c1ccc(Cl)c(C(F)(F)F)c1)[C@]1(c3ccccc3)C(=O)[C@@]2(c2ccccc2)C(c2ccc3c(c2)OCO3)=C1c1ccc2c(c1)OCO2. The summed E-state index contributed by atoms with van der Waals surface area (Å²) in [4.78, 5) is 47.4. The number of alkyl halides is 3. The summed E-state index contributed by atoms with van der Waals surface area (Å²) in [5.74, 6) is -2.94. The van der Waals surface area contributed by atoms with Crippen molar-refractivity contribution < 1.29 is 46.5 Å². The molecular formula is C42H25ClF3NO7. The van der Waals surface area contributed by atoms with Crippen molar-refractivity contribution in [3.63, 3.8) is 0 Å². The number of benzene rings is 5. The van der Waals surface area contributed by atoms with Crippen molar-refractivity contribution in [2.45, 2.75) is 17.0 Å². The van der Waals surface area contributed by atoms with Crippen LogP contribution in [0.4, 0.5) is 18.9 Å². The average Bonchev–Trinajstić information content (AvgIpc) is 3.98. The van der Waals surface area contributed by atoms with Crippen LogP contribution in [0.2, 0.25) is 5.02 Å². The fraction of sp³-hybridized carbons (Fsp3) is 0.167. The van der Waals surface area contributed by atoms with Gasteiger partial charge in [0.2, 0.25) is 25.4 Å². The highest BCUT2D eigenvalue weighted by atomic mass is 35.5. The number of Topliss-reactive ketones (excluding diaryl/α,β-unsaturated/α-hetero) is 1. The van der Waals surface area contributed by atoms with Crippen LogP contribution in [0, 0.1) is 11.8 Å². The van der Waals surface area contributed by atoms with Gasteiger partial charge in [0.15, 0.2) is 28.8 Å². The molecule has 5 aliphatic rings. The number of amides is 2. The Hall–Kier alpha value is -6.07. The van der Waals surface area contributed by atoms with Crippen LogP contribution in [0.15, 0.2) is 115 Å². The fourth-order valence-electron chi connectivity index (χ4n) is 9.35. The third-order valence-corrected chi connectivity index (χ3v) is 11.6. The number of carbonyl (C=O) groups is 3. The molecule has 268 valence electrons. The van der Waals surface area contributed by atoms with E-state index in [1.54, 1.807) is 97.1 Å². The highest BCUT2D eigenvalue weighted by Gasteiger charge is 2.83. The van der Waals surface area contributed by atoms with Gasteiger partial charge in [-0.15, -0.1) is 0 Å². The number of hydrogen-bond donors (Lipinski definition) is 0. The average molecular weight is 748 g/mol. The van der Waals surface area contributed by atoms with Crippen LogP contribution in [-0.2, 0) is 31.4 Å². The van der Waals surface area contributed by atoms with Gasteiger partial charge in [-0.05, 0) is 75.9 Å². The molecule has 54 heavy (non-hydrogen) atoms. The van der Waals surface area contributed by atoms with Gasteiger partial charge in [-0.2, -0.15) is 13.2 Å². The van der Waals surface area contributed by atoms with Crippen LogP contribution in [0.3, 0.4) is 0 Å². The third-order valence-electron chi connectivity index (χ3n) is 11.3. The number of halogens is 4. The maximum absolute atomic E-state index is 16.2. The maximum Gasteiger partial charge on any atom is 0.417 e. The number of rotatable bonds is 5. The Balaban J connectivity index is 1.34. The Morgan fingerprint density at radius 1 is 0.593 bits per heavy atom. The van der Waals surface area contributed by atoms with Gasteiger partial charge < -0.3 is 18.9 Å². The molecule has 10 rings (SSSR count). The molecule has 1 saturated carbocycles. The van der Waals surface area contributed by atoms with Crippen molar-refractivity contribution in [1.82, 2.24) is 0 Å². The molecule has 3 heterocycles. The number of hydrogen-bond acceptors (Lipinski definition) is 7. The van der Waals surface area contributed by atoms with E-state index in [1.165, 1.54) is 6.07 Å². The Morgan fingerprint density at radius 3 is 1.52 bits per heavy atom. The second-order valence-electron chi connectivity index (χ2n) is 13.7. The standard InChI is InChI=1S/C42H25ClF3NO7/c43-28-14-13-26(19-27(28)42(44,45)46)47-37(48)35-36(38(47)49)41(25-9-5-2-6-10-25)34(23-12-16-30-32(18-23)54-21-52-30)33(22-11-15-29-31(17-22)53-20-51-29)40(35,39(41)50)24-7-3-1-4-8-24/h1-19,35-36H,20-21H2/t35-,36-,40-,41+/m0/s1. The molecule has 1 saturated heterocycles. The zero-order chi connectivity index (χ0) is 37.1. The predicted molar refractivity (Wildman–Crippen MR) is 189 cm³/mol. The van der Waals surface area contributed by atoms with E-state index in [2.05, 4.69) is 0 Å². The Labute approximate surface area is 310 Å². The molecule has 2 amide bonds. The van der Waals surface area contributed by atoms with E-state index in [4.69, 9.17) is 30.5 Å². The molecule has 3 aliphatic heterocycles. The zero-order valence-corrected chi connectivity index (χ0v) is 28.6. The van der Waals surface area contributed by atoms with Gasteiger partial charge in [-0.25, -0.2) is 4.90 Å². The first-order valence-electron chi connectivity index (χ1n) is 17.0. The lowest BCUT2D eigenvalue weighted by atomic mass is 9.59. The largest absolute Gasteiger partial charge is 0.454 e. The lowest BCUT2D eigenvalue weighted by Crippen LogP contribution is -2.45. The van der Waals surface area contributed by atoms with Crippen molar-refractivity contribution in [1.29, 1.82) is 0 Å². The zero-order valence-electron chi connectivity index (χ0n) is 27.9. The van der Waals surface area contributed by atoms with Gasteiger partial charge in [-0.1, -0.05) is 84.4 Å². The second-order valence-corrected chi connectivity index (χ2v) is 14.1. The number of anilines is 1. The van der Waals surface area contributed by atoms with Gasteiger partial charge >= 0.3 is 6.18 Å². The van der Waals surface area contributed by atoms with Crippen LogP contribution < -0.4 is 23.8 Å². The van der Waals surface area contributed by atoms with E-state index in [1.807, 2.05) is 0 Å². The lowest BCUT2D eigenvalue weighted by molar-refractivity contribution is -0.137. The topological polar surface area (TPSA) is 91.4 Å². The molecule has 0 radical (unpaired) electrons. The number of ether oxygens (including phenoxy) is 4. The van der Waals surface area contributed by atoms with E-state index < -0.39 is 57.0 Å². The summed E-state index contributed by atoms with van der Waals surface area (Å²) >= 11 is 5.99. The summed E-state index contributed by atoms with van der Waals surface area (Å²) in [5.41, 5.74) is -2.27. The van der Waals surface area contributed by atoms with Crippen LogP contribution in [0.5, 0.6) is 23.0 Å². The third kappa shape index (κ3) is 4.07. The molecule has 5 aromatic rings. The van der Waals surface area contributed by atoms with Gasteiger partial charge in [0.05, 0.1) is 38.9 Å². The molecule has 2 bridgehead atoms. The summed E-state index contributed by atoms with van der Waals surface area (Å²) in [7, 11) is 0. The Bertz CT molecular complexity index is 2370. The van der Waals surface area contributed by atoms with Crippen molar-refractivity contribution in [2.24, 2.45) is 11.8 Å². The summed E-state index contributed by atoms with van der Waals surface area (Å²) in [5, 5.41) is -0.584. The number of imide groups is 1. The normalized spacial score (nSPS) is 24.9. The molecule has 12 heteroatoms. The van der Waals surface area contributed by atoms with E-state index in [0.717, 1.165) is 11.0 Å². The smallest absolute Gasteiger partial charge is 0.417 e. The number of fused-ring (bicyclic) bond motifs is 7. The van der Waals surface area contributed by atoms with E-state index >= 15 is 14.4 Å². The molecule has 8 nitrogen and oxygen atoms in total. The molecule has 4 atom stereocenters. The van der Waals surface area contributed by atoms with E-state index in [0.29, 0.717) is 62.5 Å². The predicted octanol–water partition coefficient (Wildman–Crippen LogP) is 8.01. The summed E-state index contributed by atoms with van der Waals surface area (Å²) in [6.45, 7) is -0.0333. The number of allylic oxidation sites excluding steroid dienone is 2. The molecule has 5 aromatic carbocycles. The van der Waals surface area contributed by atoms with Crippen molar-refractivity contribution in [3.05, 3.63) is 148 Å². The molecule has 0 unspecified atom stereocenters. The van der Waals surface area contributed by atoms with E-state index in [9.17, 15) is 13.2 Å². The Kier molecular flexibility index (Phi) is 6.77. The highest BCUT2D eigenvalue weighted by Crippen LogP contribution is 2.75. The summed E-state index contributed by atoms with van der Waals surface area (Å²) in [6, 6.07) is 31.0. The second kappa shape index (κ2) is 11.2. The first-order valence-corrected chi connectivity index (χ1v) is 17.4. The van der Waals surface area contributed by atoms with Crippen molar-refractivity contribution >= 4 is 46.0 Å². The fourth-order valence-corrected chi connectivity index (χ4v) is 9.58. The first kappa shape index (κ1) is 32.6. The minimum absolute atomic E-state index is 0.0167. The van der Waals surface area contributed by atoms with Gasteiger partial charge in [0.1, 0.15) is 0 Å². The molecule has 0 aromatic heterocycles. The monoisotopic (exact) mass is 747 g/mol. The molecule has 0 N–H and O–H groups in total. The number of ketones is 1. The summed E-state index contributed by atoms with van der Waals surface area (Å²) < 4.78 is 65.5. The molecule has 2 aliphatic carbocycles. The molecule has 0 spiro atoms. The van der Waals surface area contributed by atoms with Crippen LogP contribution >= 0.6 is 11.6 Å². The minimum Gasteiger partial charge on any atom is -0.454 e. The molecular weight excluding hydrogens is 723 g/mol. The van der Waals surface area contributed by atoms with Crippen LogP contribution in [0.25, 0.3) is 11.1 Å². The van der Waals surface area contributed by atoms with E-state index in [-0.39, 0.29) is 19.3 Å². The Morgan fingerprint density at radius 2 is 1.06 bits per heavy atom. The number of nitrogens with zero attached hydrogens (tertiary/aromatic N) is 1. The molecule has 2 fully saturated rings. The lowest BCUT2D eigenvalue weighted by Gasteiger charge is -2.39. The van der Waals surface area contributed by atoms with Crippen molar-refractivity contribution in [3.8, 4) is 23.0 Å². The van der Waals surface area contributed by atoms with Gasteiger partial charge in [-0.3, -0.25) is 14.4 Å². The quantitative estimate of drug-likeness (QED) is 0.168. The van der Waals surface area contributed by atoms with Gasteiger partial charge in [0, 0.05) is 0 Å². The van der Waals surface area contributed by atoms with Crippen molar-refractivity contribution in [2.75, 3.05) is 18.5 Å². The summed E-state index contributed by atoms with van der Waals surface area (Å²) in [6.07, 6.45) is -4.87. The van der Waals surface area contributed by atoms with Crippen LogP contribution in [-0.4, -0.2) is 31.2 Å². The first-order chi connectivity index (χ1) is 26.1. The van der Waals surface area contributed by atoms with Gasteiger partial charge in [0.25, 0.3) is 0 Å². The maximum atomic E-state index is 16.2. The number of carbonyl (C=O) groups excluding carboxylic acids is 3. The minimum atomic E-state index is -4.87. The van der Waals surface area contributed by atoms with Crippen LogP contribution in [0.1, 0.15) is 27.8 Å².